The highest BCUT2D eigenvalue weighted by Gasteiger charge is 2.27. The Morgan fingerprint density at radius 1 is 1.28 bits per heavy atom. The molecule has 5 nitrogen and oxygen atoms in total. The van der Waals surface area contributed by atoms with Crippen molar-refractivity contribution in [2.75, 3.05) is 19.0 Å². The smallest absolute Gasteiger partial charge is 0.260 e. The average molecular weight is 406 g/mol. The van der Waals surface area contributed by atoms with Crippen LogP contribution >= 0.6 is 11.3 Å². The van der Waals surface area contributed by atoms with Crippen LogP contribution in [-0.4, -0.2) is 30.5 Å². The van der Waals surface area contributed by atoms with Gasteiger partial charge in [0, 0.05) is 24.0 Å². The van der Waals surface area contributed by atoms with E-state index < -0.39 is 0 Å². The minimum Gasteiger partial charge on any atom is -0.496 e. The Labute approximate surface area is 174 Å². The lowest BCUT2D eigenvalue weighted by Crippen LogP contribution is -2.35. The second kappa shape index (κ2) is 7.86. The summed E-state index contributed by atoms with van der Waals surface area (Å²) in [5.74, 6) is 0.260. The predicted octanol–water partition coefficient (Wildman–Crippen LogP) is 4.80. The van der Waals surface area contributed by atoms with E-state index in [1.807, 2.05) is 36.4 Å². The minimum absolute atomic E-state index is 0.261. The van der Waals surface area contributed by atoms with Crippen LogP contribution in [0, 0.1) is 11.3 Å². The van der Waals surface area contributed by atoms with Crippen LogP contribution in [0.2, 0.25) is 0 Å². The Hall–Kier alpha value is -2.88. The van der Waals surface area contributed by atoms with Crippen molar-refractivity contribution in [2.24, 2.45) is 0 Å². The Bertz CT molecular complexity index is 1130. The molecule has 1 aliphatic rings. The van der Waals surface area contributed by atoms with E-state index in [2.05, 4.69) is 30.1 Å². The number of rotatable bonds is 4. The van der Waals surface area contributed by atoms with Crippen LogP contribution in [0.3, 0.4) is 0 Å². The summed E-state index contributed by atoms with van der Waals surface area (Å²) in [6, 6.07) is 14.3. The normalized spacial score (nSPS) is 13.9. The molecule has 0 saturated carbocycles. The first-order valence-electron chi connectivity index (χ1n) is 9.68. The predicted molar refractivity (Wildman–Crippen MR) is 117 cm³/mol. The molecule has 0 fully saturated rings. The number of hydrogen-bond acceptors (Lipinski definition) is 5. The molecule has 0 saturated heterocycles. The molecule has 2 heterocycles. The van der Waals surface area contributed by atoms with Crippen molar-refractivity contribution in [3.63, 3.8) is 0 Å². The van der Waals surface area contributed by atoms with Crippen LogP contribution in [0.1, 0.15) is 40.2 Å². The lowest BCUT2D eigenvalue weighted by atomic mass is 10.0. The van der Waals surface area contributed by atoms with Gasteiger partial charge in [-0.25, -0.2) is 0 Å². The molecule has 1 aliphatic heterocycles. The standard InChI is InChI=1S/C23H23N3O2S/c1-14(2)26-9-8-17-19(12-24)23(29-21(17)13-26)25-22(27)18-10-15-6-4-5-7-16(15)11-20(18)28-3/h4-7,10-11,14H,8-9,13H2,1-3H3,(H,25,27). The number of benzene rings is 2. The fourth-order valence-electron chi connectivity index (χ4n) is 3.81. The van der Waals surface area contributed by atoms with E-state index in [-0.39, 0.29) is 5.91 Å². The highest BCUT2D eigenvalue weighted by atomic mass is 32.1. The molecule has 1 aromatic heterocycles. The molecule has 0 atom stereocenters. The van der Waals surface area contributed by atoms with Crippen molar-refractivity contribution in [1.82, 2.24) is 4.90 Å². The third kappa shape index (κ3) is 3.59. The number of thiophene rings is 1. The first-order chi connectivity index (χ1) is 14.0. The van der Waals surface area contributed by atoms with E-state index in [0.717, 1.165) is 35.8 Å². The average Bonchev–Trinajstić information content (AvgIpc) is 3.08. The Morgan fingerprint density at radius 3 is 2.66 bits per heavy atom. The first-order valence-corrected chi connectivity index (χ1v) is 10.5. The van der Waals surface area contributed by atoms with Crippen molar-refractivity contribution in [1.29, 1.82) is 5.26 Å². The molecule has 2 aromatic carbocycles. The highest BCUT2D eigenvalue weighted by Crippen LogP contribution is 2.38. The van der Waals surface area contributed by atoms with Gasteiger partial charge in [-0.3, -0.25) is 9.69 Å². The second-order valence-corrected chi connectivity index (χ2v) is 8.59. The van der Waals surface area contributed by atoms with E-state index in [1.54, 1.807) is 7.11 Å². The van der Waals surface area contributed by atoms with E-state index in [9.17, 15) is 10.1 Å². The van der Waals surface area contributed by atoms with E-state index >= 15 is 0 Å². The molecule has 0 aliphatic carbocycles. The summed E-state index contributed by atoms with van der Waals surface area (Å²) in [5.41, 5.74) is 2.14. The third-order valence-corrected chi connectivity index (χ3v) is 6.60. The molecule has 0 unspecified atom stereocenters. The second-order valence-electron chi connectivity index (χ2n) is 7.49. The molecule has 29 heavy (non-hydrogen) atoms. The number of nitrogens with one attached hydrogen (secondary N) is 1. The van der Waals surface area contributed by atoms with Crippen molar-refractivity contribution < 1.29 is 9.53 Å². The fourth-order valence-corrected chi connectivity index (χ4v) is 5.03. The summed E-state index contributed by atoms with van der Waals surface area (Å²) in [7, 11) is 1.56. The summed E-state index contributed by atoms with van der Waals surface area (Å²) in [6.07, 6.45) is 0.835. The number of ether oxygens (including phenoxy) is 1. The fraction of sp³-hybridized carbons (Fsp3) is 0.304. The van der Waals surface area contributed by atoms with E-state index in [1.165, 1.54) is 16.2 Å². The molecule has 4 rings (SSSR count). The van der Waals surface area contributed by atoms with Crippen molar-refractivity contribution in [2.45, 2.75) is 32.9 Å². The number of methoxy groups -OCH3 is 1. The van der Waals surface area contributed by atoms with Gasteiger partial charge in [0.15, 0.2) is 0 Å². The van der Waals surface area contributed by atoms with Crippen LogP contribution in [0.5, 0.6) is 5.75 Å². The summed E-state index contributed by atoms with van der Waals surface area (Å²) < 4.78 is 5.46. The van der Waals surface area contributed by atoms with Gasteiger partial charge < -0.3 is 10.1 Å². The van der Waals surface area contributed by atoms with Gasteiger partial charge in [0.2, 0.25) is 0 Å². The maximum Gasteiger partial charge on any atom is 0.260 e. The summed E-state index contributed by atoms with van der Waals surface area (Å²) in [6.45, 7) is 6.11. The lowest BCUT2D eigenvalue weighted by Gasteiger charge is -2.30. The maximum atomic E-state index is 13.1. The Kier molecular flexibility index (Phi) is 5.27. The van der Waals surface area contributed by atoms with Gasteiger partial charge >= 0.3 is 0 Å². The molecular formula is C23H23N3O2S. The molecule has 1 N–H and O–H groups in total. The maximum absolute atomic E-state index is 13.1. The topological polar surface area (TPSA) is 65.4 Å². The third-order valence-electron chi connectivity index (χ3n) is 5.47. The van der Waals surface area contributed by atoms with Gasteiger partial charge in [0.1, 0.15) is 16.8 Å². The highest BCUT2D eigenvalue weighted by molar-refractivity contribution is 7.16. The largest absolute Gasteiger partial charge is 0.496 e. The minimum atomic E-state index is -0.261. The van der Waals surface area contributed by atoms with Gasteiger partial charge in [-0.1, -0.05) is 24.3 Å². The van der Waals surface area contributed by atoms with Gasteiger partial charge in [0.05, 0.1) is 18.2 Å². The van der Waals surface area contributed by atoms with E-state index in [0.29, 0.717) is 27.9 Å². The summed E-state index contributed by atoms with van der Waals surface area (Å²) in [5, 5.41) is 15.3. The number of nitriles is 1. The number of amides is 1. The molecule has 0 radical (unpaired) electrons. The van der Waals surface area contributed by atoms with E-state index in [4.69, 9.17) is 4.74 Å². The molecule has 0 spiro atoms. The molecule has 148 valence electrons. The quantitative estimate of drug-likeness (QED) is 0.677. The number of nitrogens with zero attached hydrogens (tertiary/aromatic N) is 2. The monoisotopic (exact) mass is 405 g/mol. The van der Waals surface area contributed by atoms with Gasteiger partial charge in [-0.15, -0.1) is 11.3 Å². The van der Waals surface area contributed by atoms with Crippen LogP contribution in [0.25, 0.3) is 10.8 Å². The molecule has 1 amide bonds. The summed E-state index contributed by atoms with van der Waals surface area (Å²) >= 11 is 1.51. The number of hydrogen-bond donors (Lipinski definition) is 1. The molecule has 3 aromatic rings. The molecule has 0 bridgehead atoms. The van der Waals surface area contributed by atoms with Gasteiger partial charge in [-0.05, 0) is 48.7 Å². The van der Waals surface area contributed by atoms with Crippen LogP contribution in [0.15, 0.2) is 36.4 Å². The zero-order valence-corrected chi connectivity index (χ0v) is 17.6. The molecular weight excluding hydrogens is 382 g/mol. The summed E-state index contributed by atoms with van der Waals surface area (Å²) in [4.78, 5) is 16.6. The number of fused-ring (bicyclic) bond motifs is 2. The van der Waals surface area contributed by atoms with Crippen LogP contribution < -0.4 is 10.1 Å². The number of anilines is 1. The van der Waals surface area contributed by atoms with Gasteiger partial charge in [-0.2, -0.15) is 5.26 Å². The lowest BCUT2D eigenvalue weighted by molar-refractivity contribution is 0.102. The zero-order chi connectivity index (χ0) is 20.5. The first kappa shape index (κ1) is 19.4. The van der Waals surface area contributed by atoms with Crippen molar-refractivity contribution in [3.05, 3.63) is 58.0 Å². The Morgan fingerprint density at radius 2 is 2.00 bits per heavy atom. The molecule has 6 heteroatoms. The van der Waals surface area contributed by atoms with Crippen LogP contribution in [-0.2, 0) is 13.0 Å². The van der Waals surface area contributed by atoms with Crippen LogP contribution in [0.4, 0.5) is 5.00 Å². The SMILES string of the molecule is COc1cc2ccccc2cc1C(=O)Nc1sc2c(c1C#N)CCN(C(C)C)C2. The Balaban J connectivity index is 1.68. The number of carbonyl (C=O) groups is 1. The van der Waals surface area contributed by atoms with Gasteiger partial charge in [0.25, 0.3) is 5.91 Å². The zero-order valence-electron chi connectivity index (χ0n) is 16.8. The van der Waals surface area contributed by atoms with Crippen molar-refractivity contribution >= 4 is 33.0 Å². The number of carbonyl (C=O) groups excluding carboxylic acids is 1. The van der Waals surface area contributed by atoms with Crippen molar-refractivity contribution in [3.8, 4) is 11.8 Å².